The van der Waals surface area contributed by atoms with Gasteiger partial charge in [-0.1, -0.05) is 53.7 Å². The van der Waals surface area contributed by atoms with Crippen molar-refractivity contribution in [1.82, 2.24) is 14.9 Å². The van der Waals surface area contributed by atoms with Crippen LogP contribution in [-0.4, -0.2) is 20.4 Å². The van der Waals surface area contributed by atoms with Crippen molar-refractivity contribution in [2.24, 2.45) is 0 Å². The van der Waals surface area contributed by atoms with E-state index in [1.54, 1.807) is 11.8 Å². The molecule has 2 atom stereocenters. The molecule has 2 aromatic carbocycles. The van der Waals surface area contributed by atoms with Gasteiger partial charge < -0.3 is 9.64 Å². The van der Waals surface area contributed by atoms with Gasteiger partial charge in [0, 0.05) is 24.2 Å². The summed E-state index contributed by atoms with van der Waals surface area (Å²) in [4.78, 5) is 10.8. The Hall–Kier alpha value is -2.79. The van der Waals surface area contributed by atoms with Crippen LogP contribution in [0.2, 0.25) is 0 Å². The van der Waals surface area contributed by atoms with Crippen LogP contribution in [-0.2, 0) is 0 Å². The summed E-state index contributed by atoms with van der Waals surface area (Å²) in [6, 6.07) is 16.9. The van der Waals surface area contributed by atoms with Crippen molar-refractivity contribution in [3.8, 4) is 16.9 Å². The van der Waals surface area contributed by atoms with Gasteiger partial charge in [0.05, 0.1) is 6.04 Å². The Balaban J connectivity index is 1.51. The Labute approximate surface area is 170 Å². The average Bonchev–Trinajstić information content (AvgIpc) is 3.17. The third-order valence-electron chi connectivity index (χ3n) is 4.86. The highest BCUT2D eigenvalue weighted by molar-refractivity contribution is 8.02. The summed E-state index contributed by atoms with van der Waals surface area (Å²) in [5.74, 6) is 1.64. The molecule has 0 N–H and O–H groups in total. The molecule has 1 aliphatic heterocycles. The van der Waals surface area contributed by atoms with Gasteiger partial charge in [0.2, 0.25) is 5.56 Å². The van der Waals surface area contributed by atoms with Gasteiger partial charge in [0.15, 0.2) is 0 Å². The lowest BCUT2D eigenvalue weighted by atomic mass is 10.0. The van der Waals surface area contributed by atoms with Crippen molar-refractivity contribution in [3.05, 3.63) is 89.5 Å². The van der Waals surface area contributed by atoms with E-state index in [4.69, 9.17) is 4.74 Å². The first kappa shape index (κ1) is 18.6. The first-order valence-electron chi connectivity index (χ1n) is 9.32. The standard InChI is InChI=1S/C23H23N3OS/c1-16-7-9-19(10-8-16)20-5-4-6-22(13-20)27-23-26(11-12-28-23)17(2)21-14-24-18(3)25-15-21/h4-15,17,23H,1-3H3/t17?,23-/m1/s1. The predicted octanol–water partition coefficient (Wildman–Crippen LogP) is 5.70. The second-order valence-corrected chi connectivity index (χ2v) is 7.87. The Morgan fingerprint density at radius 1 is 1.00 bits per heavy atom. The van der Waals surface area contributed by atoms with E-state index in [1.807, 2.05) is 31.5 Å². The number of hydrogen-bond acceptors (Lipinski definition) is 5. The average molecular weight is 390 g/mol. The van der Waals surface area contributed by atoms with Crippen LogP contribution in [0, 0.1) is 13.8 Å². The molecule has 0 spiro atoms. The smallest absolute Gasteiger partial charge is 0.225 e. The van der Waals surface area contributed by atoms with Crippen LogP contribution in [0.5, 0.6) is 5.75 Å². The third kappa shape index (κ3) is 4.04. The first-order chi connectivity index (χ1) is 13.6. The summed E-state index contributed by atoms with van der Waals surface area (Å²) in [7, 11) is 0. The molecule has 0 amide bonds. The Bertz CT molecular complexity index is 970. The number of aromatic nitrogens is 2. The minimum Gasteiger partial charge on any atom is -0.461 e. The van der Waals surface area contributed by atoms with Gasteiger partial charge in [0.1, 0.15) is 11.6 Å². The van der Waals surface area contributed by atoms with E-state index in [0.717, 1.165) is 22.7 Å². The number of nitrogens with zero attached hydrogens (tertiary/aromatic N) is 3. The van der Waals surface area contributed by atoms with Gasteiger partial charge in [-0.05, 0) is 49.4 Å². The lowest BCUT2D eigenvalue weighted by Crippen LogP contribution is -2.32. The highest BCUT2D eigenvalue weighted by Crippen LogP contribution is 2.35. The molecule has 1 aliphatic rings. The third-order valence-corrected chi connectivity index (χ3v) is 5.71. The zero-order valence-electron chi connectivity index (χ0n) is 16.2. The van der Waals surface area contributed by atoms with E-state index in [-0.39, 0.29) is 11.6 Å². The zero-order valence-corrected chi connectivity index (χ0v) is 17.1. The molecule has 0 saturated carbocycles. The summed E-state index contributed by atoms with van der Waals surface area (Å²) in [6.45, 7) is 6.14. The van der Waals surface area contributed by atoms with Crippen molar-refractivity contribution in [2.75, 3.05) is 0 Å². The first-order valence-corrected chi connectivity index (χ1v) is 10.3. The maximum absolute atomic E-state index is 6.33. The molecule has 5 heteroatoms. The van der Waals surface area contributed by atoms with E-state index in [0.29, 0.717) is 0 Å². The minimum atomic E-state index is -0.121. The van der Waals surface area contributed by atoms with E-state index < -0.39 is 0 Å². The summed E-state index contributed by atoms with van der Waals surface area (Å²) < 4.78 is 6.33. The Morgan fingerprint density at radius 3 is 2.50 bits per heavy atom. The Kier molecular flexibility index (Phi) is 5.35. The summed E-state index contributed by atoms with van der Waals surface area (Å²) >= 11 is 1.66. The van der Waals surface area contributed by atoms with Crippen LogP contribution in [0.4, 0.5) is 0 Å². The summed E-state index contributed by atoms with van der Waals surface area (Å²) in [5.41, 5.74) is 4.55. The quantitative estimate of drug-likeness (QED) is 0.559. The van der Waals surface area contributed by atoms with Crippen molar-refractivity contribution >= 4 is 11.8 Å². The molecule has 2 heterocycles. The fourth-order valence-corrected chi connectivity index (χ4v) is 4.02. The van der Waals surface area contributed by atoms with E-state index in [1.165, 1.54) is 11.1 Å². The van der Waals surface area contributed by atoms with Crippen molar-refractivity contribution < 1.29 is 4.74 Å². The van der Waals surface area contributed by atoms with Gasteiger partial charge in [-0.2, -0.15) is 0 Å². The molecule has 4 nitrogen and oxygen atoms in total. The van der Waals surface area contributed by atoms with Gasteiger partial charge in [-0.3, -0.25) is 0 Å². The van der Waals surface area contributed by atoms with Crippen LogP contribution in [0.15, 0.2) is 72.5 Å². The zero-order chi connectivity index (χ0) is 19.5. The number of hydrogen-bond donors (Lipinski definition) is 0. The molecule has 0 fully saturated rings. The molecule has 4 rings (SSSR count). The monoisotopic (exact) mass is 389 g/mol. The molecule has 0 bridgehead atoms. The maximum Gasteiger partial charge on any atom is 0.225 e. The number of benzene rings is 2. The highest BCUT2D eigenvalue weighted by atomic mass is 32.2. The van der Waals surface area contributed by atoms with Gasteiger partial charge in [-0.25, -0.2) is 9.97 Å². The van der Waals surface area contributed by atoms with Gasteiger partial charge >= 0.3 is 0 Å². The molecule has 0 radical (unpaired) electrons. The maximum atomic E-state index is 6.33. The van der Waals surface area contributed by atoms with Crippen LogP contribution < -0.4 is 4.74 Å². The second kappa shape index (κ2) is 8.07. The lowest BCUT2D eigenvalue weighted by Gasteiger charge is -2.31. The topological polar surface area (TPSA) is 38.2 Å². The summed E-state index contributed by atoms with van der Waals surface area (Å²) in [6.07, 6.45) is 5.85. The molecule has 28 heavy (non-hydrogen) atoms. The SMILES string of the molecule is Cc1ccc(-c2cccc(O[C@@H]3SC=CN3C(C)c3cnc(C)nc3)c2)cc1. The predicted molar refractivity (Wildman–Crippen MR) is 115 cm³/mol. The summed E-state index contributed by atoms with van der Waals surface area (Å²) in [5, 5.41) is 2.07. The number of rotatable bonds is 5. The molecule has 1 aromatic heterocycles. The molecule has 0 saturated heterocycles. The van der Waals surface area contributed by atoms with Crippen LogP contribution in [0.3, 0.4) is 0 Å². The van der Waals surface area contributed by atoms with Crippen molar-refractivity contribution in [2.45, 2.75) is 32.4 Å². The molecular formula is C23H23N3OS. The fraction of sp³-hybridized carbons (Fsp3) is 0.217. The van der Waals surface area contributed by atoms with E-state index >= 15 is 0 Å². The van der Waals surface area contributed by atoms with Crippen molar-refractivity contribution in [1.29, 1.82) is 0 Å². The number of ether oxygens (including phenoxy) is 1. The molecule has 1 unspecified atom stereocenters. The number of aryl methyl sites for hydroxylation is 2. The molecule has 0 aliphatic carbocycles. The van der Waals surface area contributed by atoms with Crippen LogP contribution in [0.25, 0.3) is 11.1 Å². The lowest BCUT2D eigenvalue weighted by molar-refractivity contribution is 0.113. The minimum absolute atomic E-state index is 0.121. The van der Waals surface area contributed by atoms with Crippen molar-refractivity contribution in [3.63, 3.8) is 0 Å². The molecular weight excluding hydrogens is 366 g/mol. The van der Waals surface area contributed by atoms with E-state index in [9.17, 15) is 0 Å². The second-order valence-electron chi connectivity index (χ2n) is 6.93. The van der Waals surface area contributed by atoms with Gasteiger partial charge in [0.25, 0.3) is 0 Å². The normalized spacial score (nSPS) is 17.0. The molecule has 3 aromatic rings. The fourth-order valence-electron chi connectivity index (χ4n) is 3.12. The molecule has 142 valence electrons. The van der Waals surface area contributed by atoms with E-state index in [2.05, 4.69) is 76.7 Å². The van der Waals surface area contributed by atoms with Crippen LogP contribution >= 0.6 is 11.8 Å². The van der Waals surface area contributed by atoms with Gasteiger partial charge in [-0.15, -0.1) is 0 Å². The number of thioether (sulfide) groups is 1. The largest absolute Gasteiger partial charge is 0.461 e. The Morgan fingerprint density at radius 2 is 1.75 bits per heavy atom. The highest BCUT2D eigenvalue weighted by Gasteiger charge is 2.27. The van der Waals surface area contributed by atoms with Crippen LogP contribution in [0.1, 0.15) is 29.9 Å².